The molecule has 2 unspecified atom stereocenters. The summed E-state index contributed by atoms with van der Waals surface area (Å²) < 4.78 is 13.1. The molecule has 0 aliphatic carbocycles. The quantitative estimate of drug-likeness (QED) is 0.707. The van der Waals surface area contributed by atoms with Crippen molar-refractivity contribution in [1.82, 2.24) is 9.13 Å². The zero-order valence-electron chi connectivity index (χ0n) is 10.4. The van der Waals surface area contributed by atoms with Crippen LogP contribution in [-0.2, 0) is 29.0 Å². The Morgan fingerprint density at radius 3 is 2.37 bits per heavy atom. The molecule has 2 aliphatic rings. The van der Waals surface area contributed by atoms with Crippen molar-refractivity contribution in [2.45, 2.75) is 38.1 Å². The smallest absolute Gasteiger partial charge is 0.331 e. The molecule has 3 rings (SSSR count). The van der Waals surface area contributed by atoms with E-state index < -0.39 is 0 Å². The highest BCUT2D eigenvalue weighted by atomic mass is 16.6. The first-order valence-electron chi connectivity index (χ1n) is 6.32. The largest absolute Gasteiger partial charge is 0.493 e. The predicted molar refractivity (Wildman–Crippen MR) is 63.8 cm³/mol. The molecule has 2 fully saturated rings. The summed E-state index contributed by atoms with van der Waals surface area (Å²) in [4.78, 5) is 12.3. The van der Waals surface area contributed by atoms with Gasteiger partial charge in [-0.05, 0) is 0 Å². The van der Waals surface area contributed by atoms with E-state index in [1.54, 1.807) is 0 Å². The molecule has 2 atom stereocenters. The molecule has 1 aromatic rings. The summed E-state index contributed by atoms with van der Waals surface area (Å²) in [6, 6.07) is 2.03. The average molecular weight is 265 g/mol. The summed E-state index contributed by atoms with van der Waals surface area (Å²) in [5.41, 5.74) is 0.263. The molecule has 7 heteroatoms. The minimum Gasteiger partial charge on any atom is -0.493 e. The monoisotopic (exact) mass is 265 g/mol. The molecule has 7 nitrogen and oxygen atoms in total. The van der Waals surface area contributed by atoms with Gasteiger partial charge in [-0.3, -0.25) is 9.13 Å². The van der Waals surface area contributed by atoms with Gasteiger partial charge in [0.05, 0.1) is 50.3 Å². The predicted octanol–water partition coefficient (Wildman–Crippen LogP) is -0.391. The Labute approximate surface area is 109 Å². The van der Waals surface area contributed by atoms with Crippen molar-refractivity contribution in [2.24, 2.45) is 0 Å². The molecule has 2 aliphatic heterocycles. The summed E-state index contributed by atoms with van der Waals surface area (Å²) >= 11 is 0. The van der Waals surface area contributed by atoms with E-state index in [0.29, 0.717) is 38.4 Å². The number of rotatable bonds is 6. The SMILES string of the molecule is N#CCCc1c(O)n(CC2CO2)c(=O)n1CC1CO1. The van der Waals surface area contributed by atoms with Gasteiger partial charge in [-0.15, -0.1) is 0 Å². The third-order valence-corrected chi connectivity index (χ3v) is 3.35. The lowest BCUT2D eigenvalue weighted by Gasteiger charge is -2.03. The Kier molecular flexibility index (Phi) is 3.05. The average Bonchev–Trinajstić information content (AvgIpc) is 3.27. The molecule has 0 radical (unpaired) electrons. The molecule has 1 N–H and O–H groups in total. The Morgan fingerprint density at radius 2 is 1.84 bits per heavy atom. The van der Waals surface area contributed by atoms with E-state index in [0.717, 1.165) is 0 Å². The van der Waals surface area contributed by atoms with Gasteiger partial charge < -0.3 is 14.6 Å². The van der Waals surface area contributed by atoms with Crippen LogP contribution in [-0.4, -0.2) is 39.7 Å². The van der Waals surface area contributed by atoms with Gasteiger partial charge in [-0.25, -0.2) is 4.79 Å². The summed E-state index contributed by atoms with van der Waals surface area (Å²) in [5.74, 6) is -0.0450. The van der Waals surface area contributed by atoms with E-state index in [4.69, 9.17) is 14.7 Å². The van der Waals surface area contributed by atoms with E-state index in [2.05, 4.69) is 0 Å². The number of hydrogen-bond donors (Lipinski definition) is 1. The van der Waals surface area contributed by atoms with Crippen molar-refractivity contribution < 1.29 is 14.6 Å². The van der Waals surface area contributed by atoms with Crippen molar-refractivity contribution in [3.05, 3.63) is 16.2 Å². The summed E-state index contributed by atoms with van der Waals surface area (Å²) in [7, 11) is 0. The second-order valence-corrected chi connectivity index (χ2v) is 4.84. The molecule has 3 heterocycles. The minimum atomic E-state index is -0.253. The molecule has 2 saturated heterocycles. The first-order valence-corrected chi connectivity index (χ1v) is 6.32. The summed E-state index contributed by atoms with van der Waals surface area (Å²) in [6.45, 7) is 2.06. The van der Waals surface area contributed by atoms with Crippen LogP contribution in [0, 0.1) is 11.3 Å². The highest BCUT2D eigenvalue weighted by molar-refractivity contribution is 5.22. The molecular weight excluding hydrogens is 250 g/mol. The maximum absolute atomic E-state index is 12.3. The van der Waals surface area contributed by atoms with Gasteiger partial charge in [0, 0.05) is 12.8 Å². The Balaban J connectivity index is 1.92. The van der Waals surface area contributed by atoms with Gasteiger partial charge in [0.15, 0.2) is 0 Å². The number of nitrogens with zero attached hydrogens (tertiary/aromatic N) is 3. The van der Waals surface area contributed by atoms with Gasteiger partial charge >= 0.3 is 5.69 Å². The fraction of sp³-hybridized carbons (Fsp3) is 0.667. The third kappa shape index (κ3) is 2.50. The highest BCUT2D eigenvalue weighted by Crippen LogP contribution is 2.23. The Hall–Kier alpha value is -1.78. The third-order valence-electron chi connectivity index (χ3n) is 3.35. The van der Waals surface area contributed by atoms with E-state index in [1.807, 2.05) is 6.07 Å². The molecule has 1 aromatic heterocycles. The van der Waals surface area contributed by atoms with Crippen molar-refractivity contribution >= 4 is 0 Å². The van der Waals surface area contributed by atoms with E-state index in [9.17, 15) is 9.90 Å². The molecule has 0 amide bonds. The lowest BCUT2D eigenvalue weighted by molar-refractivity contribution is 0.352. The molecular formula is C12H15N3O4. The minimum absolute atomic E-state index is 0.0143. The van der Waals surface area contributed by atoms with Crippen LogP contribution in [0.25, 0.3) is 0 Å². The number of imidazole rings is 1. The van der Waals surface area contributed by atoms with E-state index in [1.165, 1.54) is 9.13 Å². The fourth-order valence-corrected chi connectivity index (χ4v) is 2.16. The van der Waals surface area contributed by atoms with Gasteiger partial charge in [0.1, 0.15) is 0 Å². The number of nitriles is 1. The van der Waals surface area contributed by atoms with Gasteiger partial charge in [-0.1, -0.05) is 0 Å². The standard InChI is InChI=1S/C12H15N3O4/c13-3-1-2-10-11(16)15(5-9-7-19-9)12(17)14(10)4-8-6-18-8/h8-9,16H,1-2,4-7H2. The molecule has 0 saturated carbocycles. The fourth-order valence-electron chi connectivity index (χ4n) is 2.16. The molecule has 19 heavy (non-hydrogen) atoms. The number of epoxide rings is 2. The lowest BCUT2D eigenvalue weighted by Crippen LogP contribution is -2.28. The topological polar surface area (TPSA) is 96.0 Å². The van der Waals surface area contributed by atoms with Crippen LogP contribution < -0.4 is 5.69 Å². The number of ether oxygens (including phenoxy) is 2. The van der Waals surface area contributed by atoms with Gasteiger partial charge in [0.25, 0.3) is 0 Å². The van der Waals surface area contributed by atoms with Crippen molar-refractivity contribution in [1.29, 1.82) is 5.26 Å². The molecule has 0 bridgehead atoms. The van der Waals surface area contributed by atoms with Crippen LogP contribution >= 0.6 is 0 Å². The molecule has 102 valence electrons. The van der Waals surface area contributed by atoms with Gasteiger partial charge in [-0.2, -0.15) is 5.26 Å². The normalized spacial score (nSPS) is 24.2. The van der Waals surface area contributed by atoms with Gasteiger partial charge in [0.2, 0.25) is 5.88 Å². The molecule has 0 spiro atoms. The second kappa shape index (κ2) is 4.72. The summed E-state index contributed by atoms with van der Waals surface area (Å²) in [6.07, 6.45) is 0.692. The van der Waals surface area contributed by atoms with Crippen molar-refractivity contribution in [3.63, 3.8) is 0 Å². The second-order valence-electron chi connectivity index (χ2n) is 4.84. The zero-order chi connectivity index (χ0) is 13.4. The number of aromatic hydroxyl groups is 1. The Morgan fingerprint density at radius 1 is 1.26 bits per heavy atom. The first kappa shape index (κ1) is 12.3. The Bertz CT molecular complexity index is 575. The number of hydrogen-bond acceptors (Lipinski definition) is 5. The number of aromatic nitrogens is 2. The maximum Gasteiger partial charge on any atom is 0.331 e. The van der Waals surface area contributed by atoms with Crippen LogP contribution in [0.4, 0.5) is 0 Å². The lowest BCUT2D eigenvalue weighted by atomic mass is 10.2. The van der Waals surface area contributed by atoms with Crippen LogP contribution in [0.15, 0.2) is 4.79 Å². The van der Waals surface area contributed by atoms with Crippen molar-refractivity contribution in [2.75, 3.05) is 13.2 Å². The van der Waals surface area contributed by atoms with Crippen LogP contribution in [0.5, 0.6) is 5.88 Å². The molecule has 0 aromatic carbocycles. The van der Waals surface area contributed by atoms with Crippen molar-refractivity contribution in [3.8, 4) is 11.9 Å². The van der Waals surface area contributed by atoms with E-state index >= 15 is 0 Å². The summed E-state index contributed by atoms with van der Waals surface area (Å²) in [5, 5.41) is 18.8. The van der Waals surface area contributed by atoms with Crippen LogP contribution in [0.2, 0.25) is 0 Å². The highest BCUT2D eigenvalue weighted by Gasteiger charge is 2.30. The first-order chi connectivity index (χ1) is 9.20. The van der Waals surface area contributed by atoms with Crippen LogP contribution in [0.3, 0.4) is 0 Å². The van der Waals surface area contributed by atoms with Crippen LogP contribution in [0.1, 0.15) is 12.1 Å². The zero-order valence-corrected chi connectivity index (χ0v) is 10.4. The maximum atomic E-state index is 12.3. The van der Waals surface area contributed by atoms with E-state index in [-0.39, 0.29) is 30.2 Å².